The fraction of sp³-hybridized carbons (Fsp3) is 0. The van der Waals surface area contributed by atoms with E-state index in [1.54, 1.807) is 12.3 Å². The molecule has 2 rings (SSSR count). The van der Waals surface area contributed by atoms with Gasteiger partial charge in [-0.05, 0) is 12.1 Å². The van der Waals surface area contributed by atoms with E-state index >= 15 is 0 Å². The Morgan fingerprint density at radius 2 is 2.00 bits per heavy atom. The Labute approximate surface area is 91.5 Å². The molecule has 0 amide bonds. The van der Waals surface area contributed by atoms with Crippen molar-refractivity contribution in [2.75, 3.05) is 0 Å². The van der Waals surface area contributed by atoms with Crippen LogP contribution < -0.4 is 0 Å². The SMILES string of the molecule is Clc1cccc(-c2ncncc2Cl)c1. The number of halogens is 2. The Kier molecular flexibility index (Phi) is 2.66. The molecule has 1 aromatic carbocycles. The highest BCUT2D eigenvalue weighted by Gasteiger charge is 2.04. The molecule has 0 unspecified atom stereocenters. The first-order chi connectivity index (χ1) is 6.77. The van der Waals surface area contributed by atoms with Gasteiger partial charge in [0.15, 0.2) is 0 Å². The molecule has 14 heavy (non-hydrogen) atoms. The van der Waals surface area contributed by atoms with Gasteiger partial charge >= 0.3 is 0 Å². The zero-order valence-corrected chi connectivity index (χ0v) is 8.63. The minimum atomic E-state index is 0.523. The number of hydrogen-bond donors (Lipinski definition) is 0. The van der Waals surface area contributed by atoms with E-state index < -0.39 is 0 Å². The zero-order valence-electron chi connectivity index (χ0n) is 7.11. The largest absolute Gasteiger partial charge is 0.243 e. The number of hydrogen-bond acceptors (Lipinski definition) is 2. The van der Waals surface area contributed by atoms with E-state index in [2.05, 4.69) is 9.97 Å². The van der Waals surface area contributed by atoms with E-state index in [1.807, 2.05) is 18.2 Å². The second kappa shape index (κ2) is 3.95. The smallest absolute Gasteiger partial charge is 0.116 e. The average molecular weight is 225 g/mol. The summed E-state index contributed by atoms with van der Waals surface area (Å²) >= 11 is 11.8. The second-order valence-electron chi connectivity index (χ2n) is 2.73. The van der Waals surface area contributed by atoms with Crippen LogP contribution in [0.5, 0.6) is 0 Å². The standard InChI is InChI=1S/C10H6Cl2N2/c11-8-3-1-2-7(4-8)10-9(12)5-13-6-14-10/h1-6H. The lowest BCUT2D eigenvalue weighted by Gasteiger charge is -2.02. The summed E-state index contributed by atoms with van der Waals surface area (Å²) < 4.78 is 0. The molecule has 4 heteroatoms. The van der Waals surface area contributed by atoms with Crippen LogP contribution in [0.2, 0.25) is 10.0 Å². The molecular weight excluding hydrogens is 219 g/mol. The van der Waals surface area contributed by atoms with Crippen molar-refractivity contribution < 1.29 is 0 Å². The molecule has 0 saturated heterocycles. The van der Waals surface area contributed by atoms with Crippen molar-refractivity contribution in [3.63, 3.8) is 0 Å². The van der Waals surface area contributed by atoms with E-state index in [0.29, 0.717) is 15.7 Å². The number of nitrogens with zero attached hydrogens (tertiary/aromatic N) is 2. The highest BCUT2D eigenvalue weighted by Crippen LogP contribution is 2.26. The van der Waals surface area contributed by atoms with Crippen molar-refractivity contribution >= 4 is 23.2 Å². The summed E-state index contributed by atoms with van der Waals surface area (Å²) in [4.78, 5) is 7.90. The Morgan fingerprint density at radius 1 is 1.14 bits per heavy atom. The van der Waals surface area contributed by atoms with Crippen molar-refractivity contribution in [2.24, 2.45) is 0 Å². The van der Waals surface area contributed by atoms with Crippen molar-refractivity contribution in [1.29, 1.82) is 0 Å². The first kappa shape index (κ1) is 9.44. The van der Waals surface area contributed by atoms with E-state index in [0.717, 1.165) is 5.56 Å². The number of benzene rings is 1. The molecule has 2 nitrogen and oxygen atoms in total. The lowest BCUT2D eigenvalue weighted by atomic mass is 10.1. The number of aromatic nitrogens is 2. The summed E-state index contributed by atoms with van der Waals surface area (Å²) in [5.74, 6) is 0. The highest BCUT2D eigenvalue weighted by atomic mass is 35.5. The third-order valence-corrected chi connectivity index (χ3v) is 2.28. The van der Waals surface area contributed by atoms with Gasteiger partial charge in [0, 0.05) is 16.8 Å². The normalized spacial score (nSPS) is 10.1. The third kappa shape index (κ3) is 1.86. The maximum Gasteiger partial charge on any atom is 0.116 e. The Hall–Kier alpha value is -1.12. The van der Waals surface area contributed by atoms with E-state index in [9.17, 15) is 0 Å². The maximum atomic E-state index is 5.94. The van der Waals surface area contributed by atoms with Crippen LogP contribution in [0.3, 0.4) is 0 Å². The molecule has 0 aliphatic heterocycles. The van der Waals surface area contributed by atoms with Crippen LogP contribution in [-0.2, 0) is 0 Å². The molecule has 0 bridgehead atoms. The van der Waals surface area contributed by atoms with Gasteiger partial charge in [-0.3, -0.25) is 0 Å². The van der Waals surface area contributed by atoms with Crippen LogP contribution in [0.1, 0.15) is 0 Å². The molecule has 1 aromatic heterocycles. The summed E-state index contributed by atoms with van der Waals surface area (Å²) in [6.45, 7) is 0. The van der Waals surface area contributed by atoms with Gasteiger partial charge in [0.25, 0.3) is 0 Å². The first-order valence-electron chi connectivity index (χ1n) is 3.99. The molecule has 1 heterocycles. The quantitative estimate of drug-likeness (QED) is 0.742. The highest BCUT2D eigenvalue weighted by molar-refractivity contribution is 6.33. The molecule has 0 atom stereocenters. The summed E-state index contributed by atoms with van der Waals surface area (Å²) in [6, 6.07) is 7.38. The fourth-order valence-electron chi connectivity index (χ4n) is 1.16. The summed E-state index contributed by atoms with van der Waals surface area (Å²) in [5, 5.41) is 1.19. The average Bonchev–Trinajstić information content (AvgIpc) is 2.18. The molecule has 70 valence electrons. The van der Waals surface area contributed by atoms with Gasteiger partial charge in [-0.1, -0.05) is 35.3 Å². The molecule has 0 N–H and O–H groups in total. The summed E-state index contributed by atoms with van der Waals surface area (Å²) in [5.41, 5.74) is 1.59. The van der Waals surface area contributed by atoms with E-state index in [1.165, 1.54) is 6.33 Å². The van der Waals surface area contributed by atoms with Crippen molar-refractivity contribution in [2.45, 2.75) is 0 Å². The van der Waals surface area contributed by atoms with Crippen molar-refractivity contribution in [3.8, 4) is 11.3 Å². The topological polar surface area (TPSA) is 25.8 Å². The minimum absolute atomic E-state index is 0.523. The molecule has 0 spiro atoms. The molecule has 0 aliphatic carbocycles. The molecule has 0 radical (unpaired) electrons. The number of rotatable bonds is 1. The molecular formula is C10H6Cl2N2. The minimum Gasteiger partial charge on any atom is -0.243 e. The molecule has 0 aliphatic rings. The molecule has 0 saturated carbocycles. The monoisotopic (exact) mass is 224 g/mol. The van der Waals surface area contributed by atoms with E-state index in [4.69, 9.17) is 23.2 Å². The Bertz CT molecular complexity index is 457. The van der Waals surface area contributed by atoms with Gasteiger partial charge in [0.05, 0.1) is 10.7 Å². The predicted molar refractivity (Wildman–Crippen MR) is 57.5 cm³/mol. The second-order valence-corrected chi connectivity index (χ2v) is 3.57. The van der Waals surface area contributed by atoms with Gasteiger partial charge < -0.3 is 0 Å². The van der Waals surface area contributed by atoms with Crippen LogP contribution in [0.15, 0.2) is 36.8 Å². The summed E-state index contributed by atoms with van der Waals surface area (Å²) in [6.07, 6.45) is 3.02. The molecule has 0 fully saturated rings. The lowest BCUT2D eigenvalue weighted by molar-refractivity contribution is 1.17. The van der Waals surface area contributed by atoms with Crippen molar-refractivity contribution in [3.05, 3.63) is 46.8 Å². The fourth-order valence-corrected chi connectivity index (χ4v) is 1.57. The van der Waals surface area contributed by atoms with Crippen LogP contribution >= 0.6 is 23.2 Å². The molecule has 2 aromatic rings. The van der Waals surface area contributed by atoms with Crippen LogP contribution in [-0.4, -0.2) is 9.97 Å². The predicted octanol–water partition coefficient (Wildman–Crippen LogP) is 3.45. The van der Waals surface area contributed by atoms with Crippen LogP contribution in [0.4, 0.5) is 0 Å². The van der Waals surface area contributed by atoms with Crippen LogP contribution in [0.25, 0.3) is 11.3 Å². The van der Waals surface area contributed by atoms with Crippen LogP contribution in [0, 0.1) is 0 Å². The van der Waals surface area contributed by atoms with Gasteiger partial charge in [0.2, 0.25) is 0 Å². The Balaban J connectivity index is 2.55. The van der Waals surface area contributed by atoms with Gasteiger partial charge in [0.1, 0.15) is 6.33 Å². The maximum absolute atomic E-state index is 5.94. The Morgan fingerprint density at radius 3 is 2.71 bits per heavy atom. The zero-order chi connectivity index (χ0) is 9.97. The summed E-state index contributed by atoms with van der Waals surface area (Å²) in [7, 11) is 0. The van der Waals surface area contributed by atoms with Gasteiger partial charge in [-0.15, -0.1) is 0 Å². The lowest BCUT2D eigenvalue weighted by Crippen LogP contribution is -1.85. The van der Waals surface area contributed by atoms with Gasteiger partial charge in [-0.25, -0.2) is 9.97 Å². The van der Waals surface area contributed by atoms with E-state index in [-0.39, 0.29) is 0 Å². The van der Waals surface area contributed by atoms with Crippen molar-refractivity contribution in [1.82, 2.24) is 9.97 Å². The third-order valence-electron chi connectivity index (χ3n) is 1.77. The first-order valence-corrected chi connectivity index (χ1v) is 4.74. The van der Waals surface area contributed by atoms with Gasteiger partial charge in [-0.2, -0.15) is 0 Å².